The maximum Gasteiger partial charge on any atom is 0.160 e. The molecule has 0 saturated carbocycles. The maximum absolute atomic E-state index is 5.35. The van der Waals surface area contributed by atoms with E-state index in [9.17, 15) is 0 Å². The number of nitrogens with one attached hydrogen (secondary N) is 2. The molecule has 28 heavy (non-hydrogen) atoms. The fourth-order valence-corrected chi connectivity index (χ4v) is 2.72. The van der Waals surface area contributed by atoms with Crippen molar-refractivity contribution >= 4 is 17.3 Å². The highest BCUT2D eigenvalue weighted by Crippen LogP contribution is 2.27. The number of nitrogens with zero attached hydrogens (tertiary/aromatic N) is 2. The Morgan fingerprint density at radius 1 is 0.786 bits per heavy atom. The lowest BCUT2D eigenvalue weighted by atomic mass is 10.1. The minimum atomic E-state index is 0.716. The normalized spacial score (nSPS) is 10.2. The number of rotatable bonds is 9. The average Bonchev–Trinajstić information content (AvgIpc) is 2.74. The molecule has 0 aliphatic heterocycles. The van der Waals surface area contributed by atoms with Crippen LogP contribution in [0.4, 0.5) is 17.3 Å². The quantitative estimate of drug-likeness (QED) is 0.583. The fourth-order valence-electron chi connectivity index (χ4n) is 2.72. The van der Waals surface area contributed by atoms with E-state index in [0.717, 1.165) is 47.3 Å². The maximum atomic E-state index is 5.35. The Kier molecular flexibility index (Phi) is 6.51. The van der Waals surface area contributed by atoms with E-state index in [1.54, 1.807) is 21.3 Å². The molecule has 2 aromatic carbocycles. The van der Waals surface area contributed by atoms with Gasteiger partial charge in [0.25, 0.3) is 0 Å². The minimum Gasteiger partial charge on any atom is -0.497 e. The van der Waals surface area contributed by atoms with E-state index in [1.807, 2.05) is 48.5 Å². The van der Waals surface area contributed by atoms with Gasteiger partial charge < -0.3 is 24.8 Å². The zero-order valence-electron chi connectivity index (χ0n) is 16.2. The van der Waals surface area contributed by atoms with Gasteiger partial charge in [-0.15, -0.1) is 0 Å². The van der Waals surface area contributed by atoms with Crippen LogP contribution >= 0.6 is 0 Å². The van der Waals surface area contributed by atoms with Gasteiger partial charge in [-0.05, 0) is 48.4 Å². The highest BCUT2D eigenvalue weighted by Gasteiger charge is 2.05. The van der Waals surface area contributed by atoms with Crippen molar-refractivity contribution in [2.45, 2.75) is 6.42 Å². The van der Waals surface area contributed by atoms with Gasteiger partial charge in [0, 0.05) is 18.3 Å². The first-order valence-corrected chi connectivity index (χ1v) is 8.89. The number of benzene rings is 2. The predicted molar refractivity (Wildman–Crippen MR) is 110 cm³/mol. The van der Waals surface area contributed by atoms with Crippen LogP contribution in [-0.4, -0.2) is 37.8 Å². The van der Waals surface area contributed by atoms with Gasteiger partial charge in [0.2, 0.25) is 0 Å². The topological polar surface area (TPSA) is 77.5 Å². The molecule has 0 amide bonds. The van der Waals surface area contributed by atoms with E-state index in [0.29, 0.717) is 5.82 Å². The molecule has 0 atom stereocenters. The first kappa shape index (κ1) is 19.3. The van der Waals surface area contributed by atoms with E-state index < -0.39 is 0 Å². The second kappa shape index (κ2) is 9.45. The van der Waals surface area contributed by atoms with Gasteiger partial charge in [-0.1, -0.05) is 6.07 Å². The third-order valence-corrected chi connectivity index (χ3v) is 4.20. The third-order valence-electron chi connectivity index (χ3n) is 4.20. The smallest absolute Gasteiger partial charge is 0.160 e. The summed E-state index contributed by atoms with van der Waals surface area (Å²) < 4.78 is 15.8. The Bertz CT molecular complexity index is 900. The van der Waals surface area contributed by atoms with Gasteiger partial charge in [0.05, 0.1) is 21.3 Å². The second-order valence-corrected chi connectivity index (χ2v) is 6.01. The highest BCUT2D eigenvalue weighted by atomic mass is 16.5. The second-order valence-electron chi connectivity index (χ2n) is 6.01. The van der Waals surface area contributed by atoms with Crippen molar-refractivity contribution in [1.29, 1.82) is 0 Å². The first-order chi connectivity index (χ1) is 13.7. The molecule has 0 unspecified atom stereocenters. The Hall–Kier alpha value is -3.48. The Morgan fingerprint density at radius 2 is 1.54 bits per heavy atom. The van der Waals surface area contributed by atoms with Crippen molar-refractivity contribution in [3.8, 4) is 17.2 Å². The summed E-state index contributed by atoms with van der Waals surface area (Å²) in [5.41, 5.74) is 2.08. The van der Waals surface area contributed by atoms with Crippen LogP contribution in [0.25, 0.3) is 0 Å². The molecule has 0 bridgehead atoms. The van der Waals surface area contributed by atoms with Crippen molar-refractivity contribution in [3.05, 3.63) is 60.4 Å². The van der Waals surface area contributed by atoms with Gasteiger partial charge in [0.1, 0.15) is 23.7 Å². The number of hydrogen-bond donors (Lipinski definition) is 2. The Balaban J connectivity index is 1.57. The summed E-state index contributed by atoms with van der Waals surface area (Å²) in [6.07, 6.45) is 2.36. The molecule has 3 aromatic rings. The lowest BCUT2D eigenvalue weighted by Crippen LogP contribution is -2.07. The van der Waals surface area contributed by atoms with Crippen molar-refractivity contribution in [2.24, 2.45) is 0 Å². The summed E-state index contributed by atoms with van der Waals surface area (Å²) >= 11 is 0. The molecular weight excluding hydrogens is 356 g/mol. The van der Waals surface area contributed by atoms with Gasteiger partial charge >= 0.3 is 0 Å². The number of hydrogen-bond acceptors (Lipinski definition) is 7. The van der Waals surface area contributed by atoms with Crippen LogP contribution in [0.1, 0.15) is 5.56 Å². The summed E-state index contributed by atoms with van der Waals surface area (Å²) in [5, 5.41) is 6.57. The predicted octanol–water partition coefficient (Wildman–Crippen LogP) is 3.90. The molecule has 146 valence electrons. The fraction of sp³-hybridized carbons (Fsp3) is 0.238. The molecule has 0 aliphatic carbocycles. The van der Waals surface area contributed by atoms with Crippen LogP contribution in [0, 0.1) is 0 Å². The van der Waals surface area contributed by atoms with Crippen LogP contribution in [0.2, 0.25) is 0 Å². The summed E-state index contributed by atoms with van der Waals surface area (Å²) in [5.74, 6) is 3.74. The lowest BCUT2D eigenvalue weighted by Gasteiger charge is -2.11. The molecule has 1 aromatic heterocycles. The monoisotopic (exact) mass is 380 g/mol. The van der Waals surface area contributed by atoms with E-state index in [2.05, 4.69) is 20.6 Å². The zero-order chi connectivity index (χ0) is 19.8. The summed E-state index contributed by atoms with van der Waals surface area (Å²) in [6.45, 7) is 0.731. The number of methoxy groups -OCH3 is 3. The molecule has 7 heteroatoms. The largest absolute Gasteiger partial charge is 0.497 e. The molecule has 0 spiro atoms. The van der Waals surface area contributed by atoms with Crippen LogP contribution in [0.5, 0.6) is 17.2 Å². The van der Waals surface area contributed by atoms with E-state index >= 15 is 0 Å². The van der Waals surface area contributed by atoms with Gasteiger partial charge in [0.15, 0.2) is 11.5 Å². The van der Waals surface area contributed by atoms with Crippen molar-refractivity contribution in [2.75, 3.05) is 38.5 Å². The van der Waals surface area contributed by atoms with E-state index in [4.69, 9.17) is 14.2 Å². The Labute approximate surface area is 164 Å². The number of anilines is 3. The van der Waals surface area contributed by atoms with Crippen molar-refractivity contribution in [3.63, 3.8) is 0 Å². The molecular formula is C21H24N4O3. The molecule has 7 nitrogen and oxygen atoms in total. The first-order valence-electron chi connectivity index (χ1n) is 8.89. The number of aromatic nitrogens is 2. The van der Waals surface area contributed by atoms with Crippen LogP contribution in [0.15, 0.2) is 54.9 Å². The third kappa shape index (κ3) is 5.03. The van der Waals surface area contributed by atoms with Crippen molar-refractivity contribution < 1.29 is 14.2 Å². The number of ether oxygens (including phenoxy) is 3. The molecule has 0 radical (unpaired) electrons. The van der Waals surface area contributed by atoms with Gasteiger partial charge in [-0.25, -0.2) is 9.97 Å². The summed E-state index contributed by atoms with van der Waals surface area (Å²) in [6, 6.07) is 15.5. The molecule has 1 heterocycles. The standard InChI is InChI=1S/C21H24N4O3/c1-26-17-7-5-16(6-8-17)25-21-13-20(23-14-24-21)22-11-10-15-4-9-18(27-2)19(12-15)28-3/h4-9,12-14H,10-11H2,1-3H3,(H2,22,23,24,25). The van der Waals surface area contributed by atoms with Gasteiger partial charge in [-0.2, -0.15) is 0 Å². The minimum absolute atomic E-state index is 0.716. The molecule has 3 rings (SSSR count). The van der Waals surface area contributed by atoms with Crippen LogP contribution in [0.3, 0.4) is 0 Å². The molecule has 0 saturated heterocycles. The SMILES string of the molecule is COc1ccc(Nc2cc(NCCc3ccc(OC)c(OC)c3)ncn2)cc1. The van der Waals surface area contributed by atoms with Crippen LogP contribution < -0.4 is 24.8 Å². The van der Waals surface area contributed by atoms with Crippen molar-refractivity contribution in [1.82, 2.24) is 9.97 Å². The molecule has 2 N–H and O–H groups in total. The Morgan fingerprint density at radius 3 is 2.25 bits per heavy atom. The average molecular weight is 380 g/mol. The molecule has 0 aliphatic rings. The van der Waals surface area contributed by atoms with Crippen LogP contribution in [-0.2, 0) is 6.42 Å². The summed E-state index contributed by atoms with van der Waals surface area (Å²) in [7, 11) is 4.91. The highest BCUT2D eigenvalue weighted by molar-refractivity contribution is 5.59. The molecule has 0 fully saturated rings. The van der Waals surface area contributed by atoms with E-state index in [1.165, 1.54) is 6.33 Å². The van der Waals surface area contributed by atoms with Gasteiger partial charge in [-0.3, -0.25) is 0 Å². The zero-order valence-corrected chi connectivity index (χ0v) is 16.2. The lowest BCUT2D eigenvalue weighted by molar-refractivity contribution is 0.354. The van der Waals surface area contributed by atoms with E-state index in [-0.39, 0.29) is 0 Å². The summed E-state index contributed by atoms with van der Waals surface area (Å²) in [4.78, 5) is 8.54.